The average molecular weight is 605 g/mol. The highest BCUT2D eigenvalue weighted by Gasteiger charge is 2.53. The molecule has 2 amide bonds. The minimum absolute atomic E-state index is 0.0838. The van der Waals surface area contributed by atoms with E-state index in [-0.39, 0.29) is 17.9 Å². The Balaban J connectivity index is 1.53. The van der Waals surface area contributed by atoms with Gasteiger partial charge < -0.3 is 14.8 Å². The van der Waals surface area contributed by atoms with Crippen LogP contribution in [-0.4, -0.2) is 27.3 Å². The van der Waals surface area contributed by atoms with Crippen molar-refractivity contribution in [2.24, 2.45) is 0 Å². The highest BCUT2D eigenvalue weighted by molar-refractivity contribution is 9.10. The van der Waals surface area contributed by atoms with Crippen LogP contribution in [0.2, 0.25) is 0 Å². The number of aryl methyl sites for hydroxylation is 1. The number of aromatic nitrogens is 1. The number of nitrogens with one attached hydrogen (secondary N) is 1. The molecule has 1 fully saturated rings. The van der Waals surface area contributed by atoms with Gasteiger partial charge in [0.05, 0.1) is 16.8 Å². The van der Waals surface area contributed by atoms with E-state index in [0.717, 1.165) is 57.9 Å². The molecule has 0 saturated heterocycles. The molecule has 0 radical (unpaired) electrons. The van der Waals surface area contributed by atoms with E-state index in [0.29, 0.717) is 18.8 Å². The number of hydrogen-bond donors (Lipinski definition) is 1. The smallest absolute Gasteiger partial charge is 0.272 e. The molecule has 3 heterocycles. The number of carbonyl (C=O) groups is 2. The lowest BCUT2D eigenvalue weighted by molar-refractivity contribution is -0.136. The summed E-state index contributed by atoms with van der Waals surface area (Å²) in [5.74, 6) is -0.197. The van der Waals surface area contributed by atoms with Crippen LogP contribution in [0.5, 0.6) is 0 Å². The summed E-state index contributed by atoms with van der Waals surface area (Å²) in [7, 11) is 0. The van der Waals surface area contributed by atoms with Crippen molar-refractivity contribution in [3.05, 3.63) is 92.9 Å². The molecule has 0 spiro atoms. The monoisotopic (exact) mass is 603 g/mol. The number of halogens is 1. The molecule has 1 saturated carbocycles. The van der Waals surface area contributed by atoms with Crippen LogP contribution >= 0.6 is 27.3 Å². The molecule has 202 valence electrons. The standard InChI is InChI=1S/C32H34BrN3O2S/c1-2-25-18-27-29(39-25)19-28-30(37)36(20-22-12-10-11-17-26(22)33)32(21-35(27)28,23-13-6-5-7-14-23)31(38)34-24-15-8-3-4-9-16-24/h5-7,10-14,17-19,24H,2-4,8-9,15-16,20-21H2,1H3,(H,34,38)/t32-/m0/s1. The third-order valence-corrected chi connectivity index (χ3v) is 10.4. The van der Waals surface area contributed by atoms with E-state index in [1.807, 2.05) is 65.6 Å². The van der Waals surface area contributed by atoms with Crippen LogP contribution in [0.25, 0.3) is 10.2 Å². The van der Waals surface area contributed by atoms with Crippen LogP contribution in [0.15, 0.2) is 71.2 Å². The van der Waals surface area contributed by atoms with Crippen molar-refractivity contribution in [2.75, 3.05) is 0 Å². The predicted octanol–water partition coefficient (Wildman–Crippen LogP) is 7.42. The lowest BCUT2D eigenvalue weighted by Gasteiger charge is -2.47. The summed E-state index contributed by atoms with van der Waals surface area (Å²) in [5.41, 5.74) is 2.33. The van der Waals surface area contributed by atoms with Crippen molar-refractivity contribution in [1.29, 1.82) is 0 Å². The van der Waals surface area contributed by atoms with Crippen LogP contribution in [0.1, 0.15) is 71.9 Å². The summed E-state index contributed by atoms with van der Waals surface area (Å²) in [6.45, 7) is 2.86. The van der Waals surface area contributed by atoms with Gasteiger partial charge in [0.2, 0.25) is 0 Å². The molecule has 39 heavy (non-hydrogen) atoms. The van der Waals surface area contributed by atoms with Gasteiger partial charge in [-0.25, -0.2) is 0 Å². The van der Waals surface area contributed by atoms with Crippen LogP contribution in [0.4, 0.5) is 0 Å². The van der Waals surface area contributed by atoms with Crippen LogP contribution < -0.4 is 5.32 Å². The van der Waals surface area contributed by atoms with E-state index in [9.17, 15) is 9.59 Å². The van der Waals surface area contributed by atoms with E-state index in [4.69, 9.17) is 0 Å². The highest BCUT2D eigenvalue weighted by atomic mass is 79.9. The van der Waals surface area contributed by atoms with Crippen molar-refractivity contribution in [3.8, 4) is 0 Å². The molecule has 1 atom stereocenters. The second-order valence-electron chi connectivity index (χ2n) is 10.8. The van der Waals surface area contributed by atoms with Crippen LogP contribution in [0, 0.1) is 0 Å². The topological polar surface area (TPSA) is 54.3 Å². The molecular weight excluding hydrogens is 570 g/mol. The first-order chi connectivity index (χ1) is 19.0. The number of benzene rings is 2. The second kappa shape index (κ2) is 10.9. The maximum absolute atomic E-state index is 14.7. The van der Waals surface area contributed by atoms with E-state index in [1.165, 1.54) is 17.7 Å². The van der Waals surface area contributed by atoms with Crippen molar-refractivity contribution < 1.29 is 9.59 Å². The number of nitrogens with zero attached hydrogens (tertiary/aromatic N) is 2. The second-order valence-corrected chi connectivity index (χ2v) is 12.8. The van der Waals surface area contributed by atoms with E-state index >= 15 is 0 Å². The lowest BCUT2D eigenvalue weighted by atomic mass is 9.83. The highest BCUT2D eigenvalue weighted by Crippen LogP contribution is 2.42. The van der Waals surface area contributed by atoms with Crippen molar-refractivity contribution in [3.63, 3.8) is 0 Å². The van der Waals surface area contributed by atoms with E-state index < -0.39 is 5.54 Å². The fourth-order valence-corrected chi connectivity index (χ4v) is 7.71. The predicted molar refractivity (Wildman–Crippen MR) is 161 cm³/mol. The van der Waals surface area contributed by atoms with Crippen molar-refractivity contribution in [2.45, 2.75) is 76.5 Å². The molecule has 1 aliphatic heterocycles. The van der Waals surface area contributed by atoms with Gasteiger partial charge in [0.1, 0.15) is 5.69 Å². The zero-order valence-electron chi connectivity index (χ0n) is 22.3. The minimum Gasteiger partial charge on any atom is -0.351 e. The van der Waals surface area contributed by atoms with Crippen molar-refractivity contribution >= 4 is 49.3 Å². The number of thiophene rings is 1. The summed E-state index contributed by atoms with van der Waals surface area (Å²) >= 11 is 5.43. The fourth-order valence-electron chi connectivity index (χ4n) is 6.26. The van der Waals surface area contributed by atoms with Gasteiger partial charge >= 0.3 is 0 Å². The average Bonchev–Trinajstić information content (AvgIpc) is 3.40. The third kappa shape index (κ3) is 4.74. The Kier molecular flexibility index (Phi) is 7.38. The molecule has 4 aromatic rings. The van der Waals surface area contributed by atoms with E-state index in [2.05, 4.69) is 38.8 Å². The minimum atomic E-state index is -1.19. The summed E-state index contributed by atoms with van der Waals surface area (Å²) < 4.78 is 4.13. The quantitative estimate of drug-likeness (QED) is 0.233. The van der Waals surface area contributed by atoms with Crippen LogP contribution in [0.3, 0.4) is 0 Å². The fraction of sp³-hybridized carbons (Fsp3) is 0.375. The van der Waals surface area contributed by atoms with E-state index in [1.54, 1.807) is 11.3 Å². The summed E-state index contributed by atoms with van der Waals surface area (Å²) in [6, 6.07) is 22.2. The Labute approximate surface area is 242 Å². The number of fused-ring (bicyclic) bond motifs is 3. The number of amides is 2. The Morgan fingerprint density at radius 1 is 1.03 bits per heavy atom. The molecular formula is C32H34BrN3O2S. The molecule has 0 bridgehead atoms. The van der Waals surface area contributed by atoms with Gasteiger partial charge in [-0.1, -0.05) is 97.1 Å². The molecule has 1 aliphatic carbocycles. The molecule has 5 nitrogen and oxygen atoms in total. The number of rotatable bonds is 6. The zero-order chi connectivity index (χ0) is 27.0. The molecule has 2 aromatic carbocycles. The van der Waals surface area contributed by atoms with Gasteiger partial charge in [0.25, 0.3) is 11.8 Å². The zero-order valence-corrected chi connectivity index (χ0v) is 24.7. The van der Waals surface area contributed by atoms with Gasteiger partial charge in [-0.05, 0) is 48.6 Å². The largest absolute Gasteiger partial charge is 0.351 e. The molecule has 2 aliphatic rings. The first-order valence-corrected chi connectivity index (χ1v) is 15.7. The SMILES string of the molecule is CCc1cc2c(cc3n2C[C@@](C(=O)NC2CCCCCC2)(c2ccccc2)N(Cc2ccccc2Br)C3=O)s1. The van der Waals surface area contributed by atoms with Gasteiger partial charge in [0, 0.05) is 21.9 Å². The molecule has 7 heteroatoms. The van der Waals surface area contributed by atoms with Crippen LogP contribution in [-0.2, 0) is 29.8 Å². The van der Waals surface area contributed by atoms with Gasteiger partial charge in [-0.3, -0.25) is 9.59 Å². The summed E-state index contributed by atoms with van der Waals surface area (Å²) in [5, 5.41) is 3.45. The van der Waals surface area contributed by atoms with Gasteiger partial charge in [-0.15, -0.1) is 11.3 Å². The molecule has 1 N–H and O–H groups in total. The Morgan fingerprint density at radius 2 is 1.74 bits per heavy atom. The Morgan fingerprint density at radius 3 is 2.46 bits per heavy atom. The van der Waals surface area contributed by atoms with Gasteiger partial charge in [0.15, 0.2) is 5.54 Å². The third-order valence-electron chi connectivity index (χ3n) is 8.40. The molecule has 6 rings (SSSR count). The van der Waals surface area contributed by atoms with Gasteiger partial charge in [-0.2, -0.15) is 0 Å². The van der Waals surface area contributed by atoms with Crippen molar-refractivity contribution in [1.82, 2.24) is 14.8 Å². The first kappa shape index (κ1) is 26.3. The summed E-state index contributed by atoms with van der Waals surface area (Å²) in [4.78, 5) is 32.4. The Bertz CT molecular complexity index is 1500. The summed E-state index contributed by atoms with van der Waals surface area (Å²) in [6.07, 6.45) is 7.59. The molecule has 2 aromatic heterocycles. The maximum Gasteiger partial charge on any atom is 0.272 e. The number of hydrogen-bond acceptors (Lipinski definition) is 3. The Hall–Kier alpha value is -2.90. The normalized spacial score (nSPS) is 20.2. The number of carbonyl (C=O) groups excluding carboxylic acids is 2. The maximum atomic E-state index is 14.7. The lowest BCUT2D eigenvalue weighted by Crippen LogP contribution is -2.64. The molecule has 0 unspecified atom stereocenters. The first-order valence-electron chi connectivity index (χ1n) is 14.0.